The smallest absolute Gasteiger partial charge is 0.282 e. The van der Waals surface area contributed by atoms with Crippen molar-refractivity contribution >= 4 is 89.2 Å². The Morgan fingerprint density at radius 2 is 1.85 bits per heavy atom. The van der Waals surface area contributed by atoms with Gasteiger partial charge in [0.1, 0.15) is 11.3 Å². The highest BCUT2D eigenvalue weighted by Gasteiger charge is 2.17. The molecule has 33 heavy (non-hydrogen) atoms. The number of halogens is 3. The van der Waals surface area contributed by atoms with Gasteiger partial charge in [-0.15, -0.1) is 0 Å². The second kappa shape index (κ2) is 9.18. The summed E-state index contributed by atoms with van der Waals surface area (Å²) in [6.07, 6.45) is 1.64. The zero-order valence-corrected chi connectivity index (χ0v) is 23.0. The number of furan rings is 1. The molecular weight excluding hydrogens is 712 g/mol. The van der Waals surface area contributed by atoms with E-state index in [2.05, 4.69) is 66.2 Å². The van der Waals surface area contributed by atoms with E-state index in [-0.39, 0.29) is 5.56 Å². The molecule has 0 fully saturated rings. The van der Waals surface area contributed by atoms with Crippen molar-refractivity contribution in [1.29, 1.82) is 0 Å². The van der Waals surface area contributed by atoms with Crippen molar-refractivity contribution in [3.63, 3.8) is 0 Å². The Balaban J connectivity index is 1.71. The van der Waals surface area contributed by atoms with Gasteiger partial charge in [-0.2, -0.15) is 9.78 Å². The fourth-order valence-electron chi connectivity index (χ4n) is 3.49. The molecule has 9 heteroatoms. The first kappa shape index (κ1) is 22.5. The number of para-hydroxylation sites is 1. The van der Waals surface area contributed by atoms with Gasteiger partial charge in [-0.3, -0.25) is 4.79 Å². The standard InChI is InChI=1S/C24H14BrI2N3O3/c1-32-22-17(26)8-13(9-18(22)27)12-28-30-23(29-19-5-3-2-4-16(19)24(30)31)21-11-14-10-15(25)6-7-20(14)33-21/h2-12H,1H3. The van der Waals surface area contributed by atoms with E-state index in [4.69, 9.17) is 14.1 Å². The third kappa shape index (κ3) is 4.33. The van der Waals surface area contributed by atoms with Gasteiger partial charge < -0.3 is 9.15 Å². The summed E-state index contributed by atoms with van der Waals surface area (Å²) in [7, 11) is 1.64. The lowest BCUT2D eigenvalue weighted by Gasteiger charge is -2.08. The van der Waals surface area contributed by atoms with Gasteiger partial charge in [0.15, 0.2) is 5.76 Å². The normalized spacial score (nSPS) is 11.6. The lowest BCUT2D eigenvalue weighted by atomic mass is 10.2. The van der Waals surface area contributed by atoms with E-state index in [9.17, 15) is 4.79 Å². The van der Waals surface area contributed by atoms with E-state index >= 15 is 0 Å². The molecule has 0 atom stereocenters. The number of hydrogen-bond acceptors (Lipinski definition) is 5. The Hall–Kier alpha value is -2.25. The first-order valence-corrected chi connectivity index (χ1v) is 12.7. The van der Waals surface area contributed by atoms with E-state index in [0.29, 0.717) is 28.1 Å². The van der Waals surface area contributed by atoms with Crippen LogP contribution in [0.1, 0.15) is 5.56 Å². The van der Waals surface area contributed by atoms with Crippen LogP contribution in [-0.2, 0) is 0 Å². The van der Waals surface area contributed by atoms with Gasteiger partial charge in [-0.05, 0) is 99.3 Å². The summed E-state index contributed by atoms with van der Waals surface area (Å²) in [4.78, 5) is 18.1. The molecule has 0 amide bonds. The molecule has 0 saturated heterocycles. The number of rotatable bonds is 4. The van der Waals surface area contributed by atoms with Crippen LogP contribution < -0.4 is 10.3 Å². The Bertz CT molecular complexity index is 1600. The third-order valence-electron chi connectivity index (χ3n) is 5.00. The fraction of sp³-hybridized carbons (Fsp3) is 0.0417. The van der Waals surface area contributed by atoms with Crippen LogP contribution in [-0.4, -0.2) is 23.0 Å². The van der Waals surface area contributed by atoms with Crippen LogP contribution in [0, 0.1) is 7.14 Å². The summed E-state index contributed by atoms with van der Waals surface area (Å²) in [6.45, 7) is 0. The maximum Gasteiger partial charge on any atom is 0.282 e. The van der Waals surface area contributed by atoms with Crippen LogP contribution in [0.2, 0.25) is 0 Å². The van der Waals surface area contributed by atoms with Gasteiger partial charge >= 0.3 is 0 Å². The summed E-state index contributed by atoms with van der Waals surface area (Å²) in [6, 6.07) is 18.7. The fourth-order valence-corrected chi connectivity index (χ4v) is 6.12. The van der Waals surface area contributed by atoms with Crippen LogP contribution in [0.4, 0.5) is 0 Å². The summed E-state index contributed by atoms with van der Waals surface area (Å²) in [5, 5.41) is 5.91. The summed E-state index contributed by atoms with van der Waals surface area (Å²) in [5.41, 5.74) is 1.85. The zero-order chi connectivity index (χ0) is 23.1. The maximum atomic E-state index is 13.4. The number of ether oxygens (including phenoxy) is 1. The van der Waals surface area contributed by atoms with Crippen LogP contribution in [0.3, 0.4) is 0 Å². The minimum absolute atomic E-state index is 0.272. The second-order valence-corrected chi connectivity index (χ2v) is 10.4. The Morgan fingerprint density at radius 3 is 2.61 bits per heavy atom. The average molecular weight is 726 g/mol. The molecule has 3 aromatic carbocycles. The highest BCUT2D eigenvalue weighted by Crippen LogP contribution is 2.30. The molecule has 6 nitrogen and oxygen atoms in total. The molecule has 0 aliphatic rings. The van der Waals surface area contributed by atoms with Gasteiger partial charge in [-0.1, -0.05) is 28.1 Å². The van der Waals surface area contributed by atoms with Crippen molar-refractivity contribution in [2.75, 3.05) is 7.11 Å². The molecule has 0 bridgehead atoms. The van der Waals surface area contributed by atoms with Crippen molar-refractivity contribution in [2.24, 2.45) is 5.10 Å². The second-order valence-electron chi connectivity index (χ2n) is 7.12. The van der Waals surface area contributed by atoms with E-state index < -0.39 is 0 Å². The summed E-state index contributed by atoms with van der Waals surface area (Å²) in [5.74, 6) is 1.61. The number of hydrogen-bond donors (Lipinski definition) is 0. The maximum absolute atomic E-state index is 13.4. The van der Waals surface area contributed by atoms with Crippen LogP contribution in [0.15, 0.2) is 79.4 Å². The molecule has 0 N–H and O–H groups in total. The number of methoxy groups -OCH3 is 1. The Kier molecular flexibility index (Phi) is 6.27. The van der Waals surface area contributed by atoms with E-state index in [0.717, 1.165) is 28.3 Å². The van der Waals surface area contributed by atoms with Crippen LogP contribution >= 0.6 is 61.1 Å². The minimum Gasteiger partial charge on any atom is -0.495 e. The van der Waals surface area contributed by atoms with E-state index in [1.165, 1.54) is 4.68 Å². The predicted molar refractivity (Wildman–Crippen MR) is 150 cm³/mol. The highest BCUT2D eigenvalue weighted by molar-refractivity contribution is 14.1. The SMILES string of the molecule is COc1c(I)cc(C=Nn2c(-c3cc4cc(Br)ccc4o3)nc3ccccc3c2=O)cc1I. The van der Waals surface area contributed by atoms with Crippen molar-refractivity contribution in [2.45, 2.75) is 0 Å². The molecule has 2 aromatic heterocycles. The molecule has 0 aliphatic heterocycles. The molecule has 0 saturated carbocycles. The van der Waals surface area contributed by atoms with Crippen molar-refractivity contribution in [3.05, 3.63) is 88.2 Å². The first-order valence-electron chi connectivity index (χ1n) is 9.73. The van der Waals surface area contributed by atoms with E-state index in [1.807, 2.05) is 54.6 Å². The van der Waals surface area contributed by atoms with Crippen LogP contribution in [0.5, 0.6) is 5.75 Å². The minimum atomic E-state index is -0.272. The highest BCUT2D eigenvalue weighted by atomic mass is 127. The lowest BCUT2D eigenvalue weighted by molar-refractivity contribution is 0.409. The Labute approximate surface area is 224 Å². The van der Waals surface area contributed by atoms with Gasteiger partial charge in [0.25, 0.3) is 5.56 Å². The monoisotopic (exact) mass is 725 g/mol. The molecule has 0 spiro atoms. The summed E-state index contributed by atoms with van der Waals surface area (Å²) >= 11 is 7.92. The topological polar surface area (TPSA) is 69.6 Å². The van der Waals surface area contributed by atoms with Gasteiger partial charge in [0, 0.05) is 9.86 Å². The van der Waals surface area contributed by atoms with Gasteiger partial charge in [0.05, 0.1) is 31.4 Å². The van der Waals surface area contributed by atoms with Crippen LogP contribution in [0.25, 0.3) is 33.5 Å². The largest absolute Gasteiger partial charge is 0.495 e. The molecule has 5 aromatic rings. The molecule has 2 heterocycles. The number of fused-ring (bicyclic) bond motifs is 2. The van der Waals surface area contributed by atoms with Crippen molar-refractivity contribution in [1.82, 2.24) is 9.66 Å². The summed E-state index contributed by atoms with van der Waals surface area (Å²) < 4.78 is 15.6. The molecule has 0 aliphatic carbocycles. The Morgan fingerprint density at radius 1 is 1.09 bits per heavy atom. The number of nitrogens with zero attached hydrogens (tertiary/aromatic N) is 3. The lowest BCUT2D eigenvalue weighted by Crippen LogP contribution is -2.20. The number of aromatic nitrogens is 2. The predicted octanol–water partition coefficient (Wildman–Crippen LogP) is 6.67. The van der Waals surface area contributed by atoms with Crippen molar-refractivity contribution in [3.8, 4) is 17.3 Å². The molecular formula is C24H14BrI2N3O3. The molecule has 5 rings (SSSR count). The zero-order valence-electron chi connectivity index (χ0n) is 17.1. The molecule has 0 radical (unpaired) electrons. The van der Waals surface area contributed by atoms with Crippen molar-refractivity contribution < 1.29 is 9.15 Å². The third-order valence-corrected chi connectivity index (χ3v) is 7.10. The first-order chi connectivity index (χ1) is 15.9. The van der Waals surface area contributed by atoms with Gasteiger partial charge in [-0.25, -0.2) is 4.98 Å². The molecule has 0 unspecified atom stereocenters. The molecule has 164 valence electrons. The number of benzene rings is 3. The van der Waals surface area contributed by atoms with Gasteiger partial charge in [0.2, 0.25) is 5.82 Å². The quantitative estimate of drug-likeness (QED) is 0.153. The average Bonchev–Trinajstić information content (AvgIpc) is 3.21. The van der Waals surface area contributed by atoms with E-state index in [1.54, 1.807) is 19.4 Å².